The highest BCUT2D eigenvalue weighted by molar-refractivity contribution is 5.79. The van der Waals surface area contributed by atoms with Crippen LogP contribution in [0.25, 0.3) is 0 Å². The molecule has 0 radical (unpaired) electrons. The molecule has 1 saturated heterocycles. The Hall–Kier alpha value is -2.76. The van der Waals surface area contributed by atoms with Gasteiger partial charge in [0.25, 0.3) is 0 Å². The van der Waals surface area contributed by atoms with Gasteiger partial charge in [-0.25, -0.2) is 4.98 Å². The minimum Gasteiger partial charge on any atom is -0.496 e. The molecule has 2 aromatic rings. The topological polar surface area (TPSA) is 61.8 Å². The molecule has 0 amide bonds. The molecule has 0 atom stereocenters. The predicted octanol–water partition coefficient (Wildman–Crippen LogP) is 3.64. The molecule has 1 fully saturated rings. The Kier molecular flexibility index (Phi) is 7.73. The lowest BCUT2D eigenvalue weighted by molar-refractivity contribution is 0.408. The molecule has 2 N–H and O–H groups in total. The number of aliphatic imine (C=N–C) groups is 1. The van der Waals surface area contributed by atoms with Gasteiger partial charge in [-0.15, -0.1) is 0 Å². The van der Waals surface area contributed by atoms with Crippen LogP contribution in [-0.4, -0.2) is 38.2 Å². The zero-order valence-electron chi connectivity index (χ0n) is 17.9. The zero-order valence-corrected chi connectivity index (χ0v) is 17.9. The first-order valence-corrected chi connectivity index (χ1v) is 10.5. The lowest BCUT2D eigenvalue weighted by Crippen LogP contribution is -2.36. The first-order valence-electron chi connectivity index (χ1n) is 10.5. The third-order valence-electron chi connectivity index (χ3n) is 5.31. The number of anilines is 1. The Bertz CT molecular complexity index is 813. The normalized spacial score (nSPS) is 15.0. The third kappa shape index (κ3) is 6.11. The van der Waals surface area contributed by atoms with Crippen LogP contribution in [0.1, 0.15) is 42.4 Å². The average Bonchev–Trinajstić information content (AvgIpc) is 3.04. The van der Waals surface area contributed by atoms with Crippen LogP contribution in [0.3, 0.4) is 0 Å². The van der Waals surface area contributed by atoms with Gasteiger partial charge in [-0.1, -0.05) is 25.0 Å². The number of methoxy groups -OCH3 is 1. The Morgan fingerprint density at radius 1 is 1.07 bits per heavy atom. The second-order valence-electron chi connectivity index (χ2n) is 7.52. The first kappa shape index (κ1) is 21.0. The molecule has 0 saturated carbocycles. The van der Waals surface area contributed by atoms with E-state index in [1.807, 2.05) is 6.20 Å². The van der Waals surface area contributed by atoms with Crippen LogP contribution >= 0.6 is 0 Å². The van der Waals surface area contributed by atoms with E-state index in [4.69, 9.17) is 4.74 Å². The summed E-state index contributed by atoms with van der Waals surface area (Å²) in [5.41, 5.74) is 3.49. The molecule has 1 aliphatic heterocycles. The van der Waals surface area contributed by atoms with Crippen LogP contribution in [0, 0.1) is 6.92 Å². The van der Waals surface area contributed by atoms with E-state index in [0.717, 1.165) is 36.2 Å². The quantitative estimate of drug-likeness (QED) is 0.578. The average molecular weight is 396 g/mol. The second-order valence-corrected chi connectivity index (χ2v) is 7.52. The Morgan fingerprint density at radius 3 is 2.55 bits per heavy atom. The zero-order chi connectivity index (χ0) is 20.5. The fourth-order valence-corrected chi connectivity index (χ4v) is 3.63. The van der Waals surface area contributed by atoms with Gasteiger partial charge in [-0.05, 0) is 49.1 Å². The van der Waals surface area contributed by atoms with Crippen LogP contribution in [0.15, 0.2) is 41.5 Å². The fourth-order valence-electron chi connectivity index (χ4n) is 3.63. The highest BCUT2D eigenvalue weighted by Gasteiger charge is 2.11. The van der Waals surface area contributed by atoms with Crippen LogP contribution in [0.4, 0.5) is 5.82 Å². The van der Waals surface area contributed by atoms with Crippen molar-refractivity contribution in [2.75, 3.05) is 32.1 Å². The summed E-state index contributed by atoms with van der Waals surface area (Å²) in [5.74, 6) is 2.74. The minimum atomic E-state index is 0.651. The number of nitrogens with zero attached hydrogens (tertiary/aromatic N) is 3. The fraction of sp³-hybridized carbons (Fsp3) is 0.478. The van der Waals surface area contributed by atoms with Crippen molar-refractivity contribution in [2.45, 2.75) is 45.7 Å². The number of guanidine groups is 1. The van der Waals surface area contributed by atoms with Gasteiger partial charge in [0.05, 0.1) is 7.11 Å². The number of nitrogens with one attached hydrogen (secondary N) is 2. The van der Waals surface area contributed by atoms with Crippen molar-refractivity contribution in [3.8, 4) is 5.75 Å². The van der Waals surface area contributed by atoms with Crippen LogP contribution < -0.4 is 20.3 Å². The summed E-state index contributed by atoms with van der Waals surface area (Å²) in [7, 11) is 3.49. The number of pyridine rings is 1. The second kappa shape index (κ2) is 10.7. The van der Waals surface area contributed by atoms with E-state index in [1.54, 1.807) is 14.2 Å². The summed E-state index contributed by atoms with van der Waals surface area (Å²) in [6.07, 6.45) is 7.06. The van der Waals surface area contributed by atoms with Crippen molar-refractivity contribution in [1.29, 1.82) is 0 Å². The molecule has 0 aliphatic carbocycles. The maximum absolute atomic E-state index is 5.49. The van der Waals surface area contributed by atoms with E-state index in [0.29, 0.717) is 13.1 Å². The molecule has 1 aromatic heterocycles. The minimum absolute atomic E-state index is 0.651. The Balaban J connectivity index is 1.56. The summed E-state index contributed by atoms with van der Waals surface area (Å²) in [5, 5.41) is 6.77. The number of rotatable bonds is 6. The highest BCUT2D eigenvalue weighted by Crippen LogP contribution is 2.20. The molecule has 2 heterocycles. The van der Waals surface area contributed by atoms with Gasteiger partial charge in [0, 0.05) is 45.0 Å². The molecule has 0 bridgehead atoms. The summed E-state index contributed by atoms with van der Waals surface area (Å²) >= 11 is 0. The van der Waals surface area contributed by atoms with Gasteiger partial charge in [-0.3, -0.25) is 4.99 Å². The van der Waals surface area contributed by atoms with Gasteiger partial charge in [0.2, 0.25) is 0 Å². The molecular formula is C23H33N5O. The van der Waals surface area contributed by atoms with E-state index >= 15 is 0 Å². The number of hydrogen-bond acceptors (Lipinski definition) is 4. The molecule has 1 aliphatic rings. The molecule has 0 unspecified atom stereocenters. The number of ether oxygens (including phenoxy) is 1. The molecule has 1 aromatic carbocycles. The predicted molar refractivity (Wildman–Crippen MR) is 120 cm³/mol. The Labute approximate surface area is 174 Å². The maximum atomic E-state index is 5.49. The maximum Gasteiger partial charge on any atom is 0.191 e. The van der Waals surface area contributed by atoms with Crippen molar-refractivity contribution < 1.29 is 4.74 Å². The first-order chi connectivity index (χ1) is 14.2. The monoisotopic (exact) mass is 395 g/mol. The molecule has 156 valence electrons. The van der Waals surface area contributed by atoms with E-state index in [2.05, 4.69) is 62.8 Å². The van der Waals surface area contributed by atoms with Gasteiger partial charge in [0.1, 0.15) is 11.6 Å². The van der Waals surface area contributed by atoms with Crippen molar-refractivity contribution in [1.82, 2.24) is 15.6 Å². The summed E-state index contributed by atoms with van der Waals surface area (Å²) in [4.78, 5) is 11.3. The lowest BCUT2D eigenvalue weighted by Gasteiger charge is -2.22. The largest absolute Gasteiger partial charge is 0.496 e. The SMILES string of the molecule is CN=C(NCc1ccnc(N2CCCCCC2)c1)NCc1ccc(C)cc1OC. The number of aryl methyl sites for hydroxylation is 1. The standard InChI is InChI=1S/C23H33N5O/c1-18-8-9-20(21(14-18)29-3)17-27-23(24-2)26-16-19-10-11-25-22(15-19)28-12-6-4-5-7-13-28/h8-11,14-15H,4-7,12-13,16-17H2,1-3H3,(H2,24,26,27). The number of benzene rings is 1. The summed E-state index contributed by atoms with van der Waals surface area (Å²) in [6.45, 7) is 5.62. The summed E-state index contributed by atoms with van der Waals surface area (Å²) in [6, 6.07) is 10.5. The molecule has 0 spiro atoms. The molecule has 6 nitrogen and oxygen atoms in total. The van der Waals surface area contributed by atoms with Crippen molar-refractivity contribution >= 4 is 11.8 Å². The van der Waals surface area contributed by atoms with Gasteiger partial charge in [-0.2, -0.15) is 0 Å². The van der Waals surface area contributed by atoms with Crippen LogP contribution in [0.2, 0.25) is 0 Å². The van der Waals surface area contributed by atoms with Gasteiger partial charge >= 0.3 is 0 Å². The lowest BCUT2D eigenvalue weighted by atomic mass is 10.1. The smallest absolute Gasteiger partial charge is 0.191 e. The van der Waals surface area contributed by atoms with Crippen molar-refractivity contribution in [3.05, 3.63) is 53.2 Å². The van der Waals surface area contributed by atoms with Crippen LogP contribution in [0.5, 0.6) is 5.75 Å². The molecule has 3 rings (SSSR count). The van der Waals surface area contributed by atoms with E-state index in [9.17, 15) is 0 Å². The van der Waals surface area contributed by atoms with Crippen molar-refractivity contribution in [2.24, 2.45) is 4.99 Å². The van der Waals surface area contributed by atoms with Gasteiger partial charge in [0.15, 0.2) is 5.96 Å². The van der Waals surface area contributed by atoms with Crippen LogP contribution in [-0.2, 0) is 13.1 Å². The van der Waals surface area contributed by atoms with Crippen molar-refractivity contribution in [3.63, 3.8) is 0 Å². The van der Waals surface area contributed by atoms with E-state index < -0.39 is 0 Å². The molecule has 6 heteroatoms. The highest BCUT2D eigenvalue weighted by atomic mass is 16.5. The Morgan fingerprint density at radius 2 is 1.83 bits per heavy atom. The number of aromatic nitrogens is 1. The van der Waals surface area contributed by atoms with Gasteiger partial charge < -0.3 is 20.3 Å². The van der Waals surface area contributed by atoms with E-state index in [-0.39, 0.29) is 0 Å². The summed E-state index contributed by atoms with van der Waals surface area (Å²) < 4.78 is 5.49. The molecule has 29 heavy (non-hydrogen) atoms. The number of hydrogen-bond donors (Lipinski definition) is 2. The van der Waals surface area contributed by atoms with E-state index in [1.165, 1.54) is 36.8 Å². The molecular weight excluding hydrogens is 362 g/mol. The third-order valence-corrected chi connectivity index (χ3v) is 5.31.